The van der Waals surface area contributed by atoms with Crippen LogP contribution in [0.25, 0.3) is 0 Å². The van der Waals surface area contributed by atoms with Crippen molar-refractivity contribution < 1.29 is 0 Å². The summed E-state index contributed by atoms with van der Waals surface area (Å²) >= 11 is 1.53. The standard InChI is InChI=1S/C17H19N7S/c1-12-7-3-4-8-14(12)11-25-17-23-22-16(24(17)18)21-20-13(2)15-9-5-6-10-19-15/h3-10H,11,18H2,1-2H3,(H,21,22)/b20-13+. The lowest BCUT2D eigenvalue weighted by Gasteiger charge is -2.05. The summed E-state index contributed by atoms with van der Waals surface area (Å²) in [6, 6.07) is 13.9. The Morgan fingerprint density at radius 1 is 1.20 bits per heavy atom. The number of hydrogen-bond donors (Lipinski definition) is 2. The van der Waals surface area contributed by atoms with Crippen molar-refractivity contribution in [1.29, 1.82) is 0 Å². The SMILES string of the molecule is C/C(=N\Nc1nnc(SCc2ccccc2C)n1N)c1ccccn1. The first-order valence-corrected chi connectivity index (χ1v) is 8.73. The van der Waals surface area contributed by atoms with E-state index in [0.29, 0.717) is 11.1 Å². The second-order valence-electron chi connectivity index (χ2n) is 5.42. The summed E-state index contributed by atoms with van der Waals surface area (Å²) in [5, 5.41) is 13.0. The van der Waals surface area contributed by atoms with Gasteiger partial charge in [-0.05, 0) is 37.1 Å². The number of nitrogens with two attached hydrogens (primary N) is 1. The molecule has 1 aromatic carbocycles. The highest BCUT2D eigenvalue weighted by atomic mass is 32.2. The number of aromatic nitrogens is 4. The van der Waals surface area contributed by atoms with E-state index in [-0.39, 0.29) is 0 Å². The zero-order chi connectivity index (χ0) is 17.6. The van der Waals surface area contributed by atoms with E-state index in [2.05, 4.69) is 44.8 Å². The summed E-state index contributed by atoms with van der Waals surface area (Å²) < 4.78 is 1.40. The third-order valence-electron chi connectivity index (χ3n) is 3.64. The highest BCUT2D eigenvalue weighted by Gasteiger charge is 2.10. The lowest BCUT2D eigenvalue weighted by atomic mass is 10.1. The fourth-order valence-corrected chi connectivity index (χ4v) is 3.07. The molecule has 3 N–H and O–H groups in total. The number of rotatable bonds is 6. The van der Waals surface area contributed by atoms with Gasteiger partial charge in [0, 0.05) is 11.9 Å². The van der Waals surface area contributed by atoms with Gasteiger partial charge in [-0.1, -0.05) is 42.1 Å². The molecule has 0 amide bonds. The van der Waals surface area contributed by atoms with Crippen molar-refractivity contribution >= 4 is 23.4 Å². The topological polar surface area (TPSA) is 94.0 Å². The summed E-state index contributed by atoms with van der Waals surface area (Å²) in [5.41, 5.74) is 6.85. The van der Waals surface area contributed by atoms with Crippen LogP contribution in [0.5, 0.6) is 0 Å². The van der Waals surface area contributed by atoms with Crippen molar-refractivity contribution in [1.82, 2.24) is 19.9 Å². The third-order valence-corrected chi connectivity index (χ3v) is 4.63. The molecule has 2 aromatic heterocycles. The fraction of sp³-hybridized carbons (Fsp3) is 0.176. The molecule has 128 valence electrons. The second-order valence-corrected chi connectivity index (χ2v) is 6.36. The molecule has 0 spiro atoms. The van der Waals surface area contributed by atoms with Crippen LogP contribution in [-0.2, 0) is 5.75 Å². The number of nitrogens with zero attached hydrogens (tertiary/aromatic N) is 5. The van der Waals surface area contributed by atoms with Crippen LogP contribution in [0, 0.1) is 6.92 Å². The van der Waals surface area contributed by atoms with Crippen LogP contribution in [0.2, 0.25) is 0 Å². The Labute approximate surface area is 150 Å². The van der Waals surface area contributed by atoms with E-state index in [0.717, 1.165) is 17.2 Å². The average Bonchev–Trinajstić information content (AvgIpc) is 2.99. The lowest BCUT2D eigenvalue weighted by molar-refractivity contribution is 0.846. The molecule has 0 aliphatic carbocycles. The van der Waals surface area contributed by atoms with Crippen LogP contribution in [0.3, 0.4) is 0 Å². The van der Waals surface area contributed by atoms with E-state index in [1.165, 1.54) is 27.6 Å². The summed E-state index contributed by atoms with van der Waals surface area (Å²) in [5.74, 6) is 7.21. The molecule has 3 rings (SSSR count). The van der Waals surface area contributed by atoms with Crippen LogP contribution < -0.4 is 11.3 Å². The van der Waals surface area contributed by atoms with E-state index in [4.69, 9.17) is 5.84 Å². The number of nitrogen functional groups attached to an aromatic ring is 1. The maximum absolute atomic E-state index is 6.05. The van der Waals surface area contributed by atoms with Crippen molar-refractivity contribution in [3.63, 3.8) is 0 Å². The molecule has 0 unspecified atom stereocenters. The van der Waals surface area contributed by atoms with Gasteiger partial charge in [-0.3, -0.25) is 4.98 Å². The Balaban J connectivity index is 1.66. The van der Waals surface area contributed by atoms with Gasteiger partial charge in [0.25, 0.3) is 5.95 Å². The summed E-state index contributed by atoms with van der Waals surface area (Å²) in [4.78, 5) is 4.24. The van der Waals surface area contributed by atoms with Crippen molar-refractivity contribution in [3.8, 4) is 0 Å². The molecule has 0 saturated carbocycles. The van der Waals surface area contributed by atoms with Crippen LogP contribution in [0.15, 0.2) is 58.9 Å². The predicted octanol–water partition coefficient (Wildman–Crippen LogP) is 2.82. The Morgan fingerprint density at radius 3 is 2.76 bits per heavy atom. The number of aryl methyl sites for hydroxylation is 1. The third kappa shape index (κ3) is 4.16. The monoisotopic (exact) mass is 353 g/mol. The molecule has 0 saturated heterocycles. The van der Waals surface area contributed by atoms with Crippen LogP contribution in [0.4, 0.5) is 5.95 Å². The number of thioether (sulfide) groups is 1. The van der Waals surface area contributed by atoms with Gasteiger partial charge < -0.3 is 5.84 Å². The van der Waals surface area contributed by atoms with E-state index in [1.54, 1.807) is 6.20 Å². The van der Waals surface area contributed by atoms with E-state index in [9.17, 15) is 0 Å². The van der Waals surface area contributed by atoms with Crippen molar-refractivity contribution in [2.45, 2.75) is 24.8 Å². The first-order valence-electron chi connectivity index (χ1n) is 7.74. The average molecular weight is 353 g/mol. The smallest absolute Gasteiger partial charge is 0.264 e. The van der Waals surface area contributed by atoms with Crippen LogP contribution >= 0.6 is 11.8 Å². The molecule has 3 aromatic rings. The quantitative estimate of drug-likeness (QED) is 0.306. The number of benzene rings is 1. The molecule has 0 aliphatic heterocycles. The minimum atomic E-state index is 0.377. The van der Waals surface area contributed by atoms with E-state index < -0.39 is 0 Å². The number of pyridine rings is 1. The van der Waals surface area contributed by atoms with Gasteiger partial charge in [-0.2, -0.15) is 5.10 Å². The Morgan fingerprint density at radius 2 is 2.00 bits per heavy atom. The largest absolute Gasteiger partial charge is 0.334 e. The molecule has 0 aliphatic rings. The normalized spacial score (nSPS) is 11.5. The molecular formula is C17H19N7S. The number of nitrogens with one attached hydrogen (secondary N) is 1. The summed E-state index contributed by atoms with van der Waals surface area (Å²) in [6.07, 6.45) is 1.72. The minimum Gasteiger partial charge on any atom is -0.334 e. The molecule has 0 atom stereocenters. The van der Waals surface area contributed by atoms with E-state index in [1.807, 2.05) is 37.3 Å². The highest BCUT2D eigenvalue weighted by Crippen LogP contribution is 2.23. The molecule has 0 radical (unpaired) electrons. The van der Waals surface area contributed by atoms with Crippen molar-refractivity contribution in [2.24, 2.45) is 5.10 Å². The zero-order valence-electron chi connectivity index (χ0n) is 14.0. The Kier molecular flexibility index (Phi) is 5.30. The predicted molar refractivity (Wildman–Crippen MR) is 101 cm³/mol. The first kappa shape index (κ1) is 17.0. The summed E-state index contributed by atoms with van der Waals surface area (Å²) in [7, 11) is 0. The maximum Gasteiger partial charge on any atom is 0.264 e. The first-order chi connectivity index (χ1) is 12.1. The van der Waals surface area contributed by atoms with Gasteiger partial charge in [0.15, 0.2) is 0 Å². The van der Waals surface area contributed by atoms with Gasteiger partial charge in [-0.25, -0.2) is 10.1 Å². The van der Waals surface area contributed by atoms with Gasteiger partial charge in [0.05, 0.1) is 11.4 Å². The van der Waals surface area contributed by atoms with Crippen molar-refractivity contribution in [2.75, 3.05) is 11.3 Å². The molecule has 8 heteroatoms. The molecule has 25 heavy (non-hydrogen) atoms. The van der Waals surface area contributed by atoms with Gasteiger partial charge >= 0.3 is 0 Å². The number of hydrazone groups is 1. The number of anilines is 1. The van der Waals surface area contributed by atoms with Gasteiger partial charge in [0.2, 0.25) is 5.16 Å². The number of hydrogen-bond acceptors (Lipinski definition) is 7. The van der Waals surface area contributed by atoms with Gasteiger partial charge in [0.1, 0.15) is 0 Å². The lowest BCUT2D eigenvalue weighted by Crippen LogP contribution is -2.14. The minimum absolute atomic E-state index is 0.377. The zero-order valence-corrected chi connectivity index (χ0v) is 14.9. The van der Waals surface area contributed by atoms with E-state index >= 15 is 0 Å². The van der Waals surface area contributed by atoms with Gasteiger partial charge in [-0.15, -0.1) is 10.2 Å². The Bertz CT molecular complexity index is 874. The molecule has 0 bridgehead atoms. The molecular weight excluding hydrogens is 334 g/mol. The van der Waals surface area contributed by atoms with Crippen LogP contribution in [-0.4, -0.2) is 25.6 Å². The fourth-order valence-electron chi connectivity index (χ4n) is 2.13. The Hall–Kier alpha value is -2.87. The second kappa shape index (κ2) is 7.80. The maximum atomic E-state index is 6.05. The highest BCUT2D eigenvalue weighted by molar-refractivity contribution is 7.98. The molecule has 2 heterocycles. The molecule has 0 fully saturated rings. The molecule has 7 nitrogen and oxygen atoms in total. The van der Waals surface area contributed by atoms with Crippen LogP contribution in [0.1, 0.15) is 23.7 Å². The summed E-state index contributed by atoms with van der Waals surface area (Å²) in [6.45, 7) is 3.95. The van der Waals surface area contributed by atoms with Crippen molar-refractivity contribution in [3.05, 3.63) is 65.5 Å².